The Kier molecular flexibility index (Phi) is 9.75. The first kappa shape index (κ1) is 31.0. The molecule has 41 heavy (non-hydrogen) atoms. The number of likely N-dealkylation sites (tertiary alicyclic amines) is 1. The van der Waals surface area contributed by atoms with E-state index in [2.05, 4.69) is 20.1 Å². The largest absolute Gasteiger partial charge is 0.394 e. The maximum absolute atomic E-state index is 14.6. The van der Waals surface area contributed by atoms with Gasteiger partial charge in [-0.1, -0.05) is 64.0 Å². The lowest BCUT2D eigenvalue weighted by Gasteiger charge is -2.42. The van der Waals surface area contributed by atoms with E-state index < -0.39 is 35.6 Å². The van der Waals surface area contributed by atoms with E-state index in [4.69, 9.17) is 4.74 Å². The van der Waals surface area contributed by atoms with Crippen LogP contribution in [0, 0.1) is 17.8 Å². The fourth-order valence-corrected chi connectivity index (χ4v) is 7.42. The molecule has 2 bridgehead atoms. The number of para-hydroxylation sites is 1. The standard InChI is InChI=1S/C33H47N3O5/c1-7-14-23(6)34(19-8-2)32(40)29-33-18-17-26(41-33)27(28(33)31(39)36(29)25(21-37)22(5)10-4)30(38)35(20-9-3)24-15-12-11-13-16-24/h8-9,11-13,15-16,22-23,25-29,37H,2-3,7,10,14,17-21H2,1,4-6H3/t22-,23?,25-,26+,27-,28-,29?,33?/m0/s1. The Bertz CT molecular complexity index is 1130. The molecule has 0 aromatic heterocycles. The quantitative estimate of drug-likeness (QED) is 0.342. The summed E-state index contributed by atoms with van der Waals surface area (Å²) in [6, 6.07) is 7.83. The van der Waals surface area contributed by atoms with Crippen molar-refractivity contribution in [1.82, 2.24) is 9.80 Å². The van der Waals surface area contributed by atoms with Gasteiger partial charge in [0.1, 0.15) is 11.6 Å². The third-order valence-corrected chi connectivity index (χ3v) is 9.60. The molecule has 3 unspecified atom stereocenters. The molecule has 3 fully saturated rings. The number of nitrogens with zero attached hydrogens (tertiary/aromatic N) is 3. The number of ether oxygens (including phenoxy) is 1. The van der Waals surface area contributed by atoms with Crippen molar-refractivity contribution in [2.24, 2.45) is 17.8 Å². The SMILES string of the molecule is C=CCN(C(=O)[C@@H]1[C@H]2C(=O)N([C@@H](CO)[C@@H](C)CC)C(C(=O)N(CC=C)C(C)CCC)C23CC[C@H]1O3)c1ccccc1. The van der Waals surface area contributed by atoms with E-state index in [-0.39, 0.29) is 36.3 Å². The zero-order valence-corrected chi connectivity index (χ0v) is 25.1. The monoisotopic (exact) mass is 565 g/mol. The highest BCUT2D eigenvalue weighted by atomic mass is 16.5. The van der Waals surface area contributed by atoms with Crippen LogP contribution in [0.4, 0.5) is 5.69 Å². The molecular formula is C33H47N3O5. The van der Waals surface area contributed by atoms with E-state index in [1.807, 2.05) is 51.1 Å². The summed E-state index contributed by atoms with van der Waals surface area (Å²) in [5.41, 5.74) is -0.399. The molecule has 8 atom stereocenters. The number of hydrogen-bond acceptors (Lipinski definition) is 5. The van der Waals surface area contributed by atoms with E-state index in [1.165, 1.54) is 0 Å². The lowest BCUT2D eigenvalue weighted by molar-refractivity contribution is -0.153. The minimum atomic E-state index is -1.12. The Morgan fingerprint density at radius 2 is 1.83 bits per heavy atom. The van der Waals surface area contributed by atoms with Crippen molar-refractivity contribution < 1.29 is 24.2 Å². The normalized spacial score (nSPS) is 28.6. The molecule has 3 aliphatic heterocycles. The van der Waals surface area contributed by atoms with Gasteiger partial charge < -0.3 is 24.5 Å². The average molecular weight is 566 g/mol. The molecule has 3 amide bonds. The van der Waals surface area contributed by atoms with E-state index in [0.717, 1.165) is 24.9 Å². The molecule has 0 aliphatic carbocycles. The molecule has 8 nitrogen and oxygen atoms in total. The smallest absolute Gasteiger partial charge is 0.248 e. The third kappa shape index (κ3) is 5.25. The van der Waals surface area contributed by atoms with Crippen molar-refractivity contribution in [1.29, 1.82) is 0 Å². The second kappa shape index (κ2) is 12.9. The minimum absolute atomic E-state index is 0.0525. The van der Waals surface area contributed by atoms with Crippen molar-refractivity contribution in [2.75, 3.05) is 24.6 Å². The Labute approximate surface area is 245 Å². The fourth-order valence-electron chi connectivity index (χ4n) is 7.42. The Balaban J connectivity index is 1.82. The van der Waals surface area contributed by atoms with Gasteiger partial charge in [-0.25, -0.2) is 0 Å². The van der Waals surface area contributed by atoms with Gasteiger partial charge in [-0.2, -0.15) is 0 Å². The predicted octanol–water partition coefficient (Wildman–Crippen LogP) is 4.19. The molecule has 0 radical (unpaired) electrons. The molecule has 1 aromatic carbocycles. The second-order valence-corrected chi connectivity index (χ2v) is 11.9. The summed E-state index contributed by atoms with van der Waals surface area (Å²) >= 11 is 0. The zero-order valence-electron chi connectivity index (χ0n) is 25.1. The number of amides is 3. The second-order valence-electron chi connectivity index (χ2n) is 11.9. The molecule has 8 heteroatoms. The van der Waals surface area contributed by atoms with Crippen molar-refractivity contribution in [3.8, 4) is 0 Å². The van der Waals surface area contributed by atoms with Gasteiger partial charge in [-0.15, -0.1) is 13.2 Å². The minimum Gasteiger partial charge on any atom is -0.394 e. The number of fused-ring (bicyclic) bond motifs is 1. The summed E-state index contributed by atoms with van der Waals surface area (Å²) in [7, 11) is 0. The van der Waals surface area contributed by atoms with Gasteiger partial charge in [-0.3, -0.25) is 14.4 Å². The number of aliphatic hydroxyl groups excluding tert-OH is 1. The van der Waals surface area contributed by atoms with E-state index >= 15 is 0 Å². The van der Waals surface area contributed by atoms with Crippen LogP contribution in [0.15, 0.2) is 55.6 Å². The molecule has 4 rings (SSSR count). The number of anilines is 1. The maximum Gasteiger partial charge on any atom is 0.248 e. The van der Waals surface area contributed by atoms with Gasteiger partial charge in [0.05, 0.1) is 30.6 Å². The first-order chi connectivity index (χ1) is 19.7. The van der Waals surface area contributed by atoms with Gasteiger partial charge in [0, 0.05) is 24.8 Å². The van der Waals surface area contributed by atoms with Crippen LogP contribution in [0.3, 0.4) is 0 Å². The molecule has 3 aliphatic rings. The fraction of sp³-hybridized carbons (Fsp3) is 0.606. The summed E-state index contributed by atoms with van der Waals surface area (Å²) in [4.78, 5) is 48.6. The molecule has 1 N–H and O–H groups in total. The molecule has 1 spiro atoms. The van der Waals surface area contributed by atoms with Gasteiger partial charge in [0.25, 0.3) is 0 Å². The Hall–Kier alpha value is -2.97. The number of benzene rings is 1. The first-order valence-electron chi connectivity index (χ1n) is 15.2. The Morgan fingerprint density at radius 1 is 1.15 bits per heavy atom. The van der Waals surface area contributed by atoms with Crippen LogP contribution in [0.1, 0.15) is 59.8 Å². The molecule has 0 saturated carbocycles. The summed E-state index contributed by atoms with van der Waals surface area (Å²) in [5.74, 6) is -2.23. The summed E-state index contributed by atoms with van der Waals surface area (Å²) in [6.45, 7) is 16.2. The molecule has 3 heterocycles. The van der Waals surface area contributed by atoms with Gasteiger partial charge in [-0.05, 0) is 44.2 Å². The van der Waals surface area contributed by atoms with Crippen LogP contribution < -0.4 is 4.90 Å². The van der Waals surface area contributed by atoms with Crippen molar-refractivity contribution in [3.63, 3.8) is 0 Å². The molecule has 224 valence electrons. The maximum atomic E-state index is 14.6. The van der Waals surface area contributed by atoms with E-state index in [9.17, 15) is 19.5 Å². The highest BCUT2D eigenvalue weighted by Gasteiger charge is 2.75. The number of rotatable bonds is 14. The molecular weight excluding hydrogens is 518 g/mol. The van der Waals surface area contributed by atoms with E-state index in [0.29, 0.717) is 25.9 Å². The summed E-state index contributed by atoms with van der Waals surface area (Å²) in [6.07, 6.45) is 6.48. The van der Waals surface area contributed by atoms with Crippen LogP contribution in [0.5, 0.6) is 0 Å². The van der Waals surface area contributed by atoms with Crippen molar-refractivity contribution in [3.05, 3.63) is 55.6 Å². The third-order valence-electron chi connectivity index (χ3n) is 9.60. The number of aliphatic hydroxyl groups is 1. The van der Waals surface area contributed by atoms with Crippen LogP contribution in [0.25, 0.3) is 0 Å². The van der Waals surface area contributed by atoms with Crippen LogP contribution in [-0.2, 0) is 19.1 Å². The van der Waals surface area contributed by atoms with Gasteiger partial charge in [0.15, 0.2) is 0 Å². The predicted molar refractivity (Wildman–Crippen MR) is 160 cm³/mol. The van der Waals surface area contributed by atoms with Crippen molar-refractivity contribution in [2.45, 2.75) is 89.6 Å². The Morgan fingerprint density at radius 3 is 2.41 bits per heavy atom. The highest BCUT2D eigenvalue weighted by molar-refractivity contribution is 6.03. The topological polar surface area (TPSA) is 90.4 Å². The number of hydrogen-bond donors (Lipinski definition) is 1. The van der Waals surface area contributed by atoms with Gasteiger partial charge >= 0.3 is 0 Å². The van der Waals surface area contributed by atoms with Crippen LogP contribution >= 0.6 is 0 Å². The first-order valence-corrected chi connectivity index (χ1v) is 15.2. The number of carbonyl (C=O) groups is 3. The number of carbonyl (C=O) groups excluding carboxylic acids is 3. The van der Waals surface area contributed by atoms with Crippen LogP contribution in [0.2, 0.25) is 0 Å². The summed E-state index contributed by atoms with van der Waals surface area (Å²) < 4.78 is 6.70. The highest BCUT2D eigenvalue weighted by Crippen LogP contribution is 2.59. The molecule has 1 aromatic rings. The average Bonchev–Trinajstić information content (AvgIpc) is 3.62. The van der Waals surface area contributed by atoms with Gasteiger partial charge in [0.2, 0.25) is 17.7 Å². The summed E-state index contributed by atoms with van der Waals surface area (Å²) in [5, 5.41) is 10.6. The lowest BCUT2D eigenvalue weighted by atomic mass is 9.70. The lowest BCUT2D eigenvalue weighted by Crippen LogP contribution is -2.60. The van der Waals surface area contributed by atoms with Crippen molar-refractivity contribution >= 4 is 23.4 Å². The zero-order chi connectivity index (χ0) is 29.9. The molecule has 3 saturated heterocycles. The van der Waals surface area contributed by atoms with E-state index in [1.54, 1.807) is 26.9 Å². The van der Waals surface area contributed by atoms with Crippen LogP contribution in [-0.4, -0.2) is 82.2 Å².